The lowest BCUT2D eigenvalue weighted by atomic mass is 10.0. The molecule has 1 N–H and O–H groups in total. The van der Waals surface area contributed by atoms with E-state index in [9.17, 15) is 4.79 Å². The van der Waals surface area contributed by atoms with E-state index < -0.39 is 0 Å². The average Bonchev–Trinajstić information content (AvgIpc) is 2.99. The third-order valence-electron chi connectivity index (χ3n) is 5.37. The Morgan fingerprint density at radius 2 is 1.75 bits per heavy atom. The fraction of sp³-hybridized carbons (Fsp3) is 0.478. The Hall–Kier alpha value is -2.24. The van der Waals surface area contributed by atoms with Crippen LogP contribution in [0.15, 0.2) is 54.9 Å². The van der Waals surface area contributed by atoms with Gasteiger partial charge < -0.3 is 5.32 Å². The number of hydrogen-bond acceptors (Lipinski definition) is 4. The lowest BCUT2D eigenvalue weighted by molar-refractivity contribution is -0.122. The number of carbonyl (C=O) groups excluding carboxylic acids is 1. The van der Waals surface area contributed by atoms with E-state index in [1.807, 2.05) is 24.1 Å². The summed E-state index contributed by atoms with van der Waals surface area (Å²) in [4.78, 5) is 21.2. The van der Waals surface area contributed by atoms with Crippen molar-refractivity contribution in [2.24, 2.45) is 0 Å². The number of likely N-dealkylation sites (N-methyl/N-ethyl adjacent to an activating group) is 1. The van der Waals surface area contributed by atoms with E-state index in [1.54, 1.807) is 12.4 Å². The van der Waals surface area contributed by atoms with Crippen LogP contribution in [-0.2, 0) is 11.3 Å². The summed E-state index contributed by atoms with van der Waals surface area (Å²) in [6.07, 6.45) is 8.68. The maximum Gasteiger partial charge on any atom is 0.234 e. The van der Waals surface area contributed by atoms with Crippen LogP contribution in [0.25, 0.3) is 0 Å². The average molecular weight is 381 g/mol. The molecule has 1 aromatic carbocycles. The lowest BCUT2D eigenvalue weighted by Crippen LogP contribution is -2.41. The Bertz CT molecular complexity index is 699. The van der Waals surface area contributed by atoms with E-state index in [0.29, 0.717) is 13.1 Å². The zero-order chi connectivity index (χ0) is 19.6. The monoisotopic (exact) mass is 380 g/mol. The lowest BCUT2D eigenvalue weighted by Gasteiger charge is -2.31. The smallest absolute Gasteiger partial charge is 0.234 e. The minimum Gasteiger partial charge on any atom is -0.353 e. The zero-order valence-electron chi connectivity index (χ0n) is 16.9. The number of nitrogens with zero attached hydrogens (tertiary/aromatic N) is 3. The van der Waals surface area contributed by atoms with Gasteiger partial charge in [-0.1, -0.05) is 43.2 Å². The highest BCUT2D eigenvalue weighted by atomic mass is 16.2. The molecule has 1 amide bonds. The van der Waals surface area contributed by atoms with Gasteiger partial charge in [0.1, 0.15) is 0 Å². The van der Waals surface area contributed by atoms with Crippen LogP contribution in [0.2, 0.25) is 0 Å². The second kappa shape index (κ2) is 10.9. The SMILES string of the molecule is CN(CC(=O)NC[C@H](c1ccccc1)N1CCCCCC1)Cc1ccncc1. The molecule has 28 heavy (non-hydrogen) atoms. The number of benzene rings is 1. The minimum absolute atomic E-state index is 0.0762. The molecule has 3 rings (SSSR count). The first-order valence-corrected chi connectivity index (χ1v) is 10.4. The topological polar surface area (TPSA) is 48.5 Å². The van der Waals surface area contributed by atoms with E-state index in [-0.39, 0.29) is 11.9 Å². The van der Waals surface area contributed by atoms with Gasteiger partial charge in [0.2, 0.25) is 5.91 Å². The number of pyridine rings is 1. The molecule has 0 unspecified atom stereocenters. The number of amides is 1. The summed E-state index contributed by atoms with van der Waals surface area (Å²) in [6, 6.07) is 14.8. The quantitative estimate of drug-likeness (QED) is 0.764. The van der Waals surface area contributed by atoms with Crippen molar-refractivity contribution in [3.05, 3.63) is 66.0 Å². The van der Waals surface area contributed by atoms with Gasteiger partial charge in [-0.25, -0.2) is 0 Å². The second-order valence-corrected chi connectivity index (χ2v) is 7.71. The molecule has 2 heterocycles. The predicted molar refractivity (Wildman–Crippen MR) is 113 cm³/mol. The van der Waals surface area contributed by atoms with Crippen LogP contribution in [0.5, 0.6) is 0 Å². The summed E-state index contributed by atoms with van der Waals surface area (Å²) in [5.41, 5.74) is 2.45. The van der Waals surface area contributed by atoms with Crippen LogP contribution < -0.4 is 5.32 Å². The maximum absolute atomic E-state index is 12.5. The fourth-order valence-electron chi connectivity index (χ4n) is 3.91. The third kappa shape index (κ3) is 6.43. The first-order valence-electron chi connectivity index (χ1n) is 10.4. The minimum atomic E-state index is 0.0762. The molecular weight excluding hydrogens is 348 g/mol. The molecule has 5 nitrogen and oxygen atoms in total. The predicted octanol–water partition coefficient (Wildman–Crippen LogP) is 3.25. The van der Waals surface area contributed by atoms with Crippen molar-refractivity contribution in [2.45, 2.75) is 38.3 Å². The molecule has 1 saturated heterocycles. The van der Waals surface area contributed by atoms with Gasteiger partial charge in [-0.2, -0.15) is 0 Å². The first-order chi connectivity index (χ1) is 13.7. The Morgan fingerprint density at radius 3 is 2.43 bits per heavy atom. The number of aromatic nitrogens is 1. The highest BCUT2D eigenvalue weighted by Gasteiger charge is 2.22. The zero-order valence-corrected chi connectivity index (χ0v) is 16.9. The Labute approximate surface area is 168 Å². The molecule has 0 radical (unpaired) electrons. The maximum atomic E-state index is 12.5. The van der Waals surface area contributed by atoms with Crippen LogP contribution in [0.3, 0.4) is 0 Å². The molecule has 0 aliphatic carbocycles. The van der Waals surface area contributed by atoms with E-state index in [2.05, 4.69) is 45.5 Å². The summed E-state index contributed by atoms with van der Waals surface area (Å²) >= 11 is 0. The number of carbonyl (C=O) groups is 1. The Morgan fingerprint density at radius 1 is 1.07 bits per heavy atom. The van der Waals surface area contributed by atoms with E-state index in [0.717, 1.165) is 25.2 Å². The summed E-state index contributed by atoms with van der Waals surface area (Å²) in [5.74, 6) is 0.0762. The standard InChI is InChI=1S/C23H32N4O/c1-26(18-20-11-13-24-14-12-20)19-23(28)25-17-22(21-9-5-4-6-10-21)27-15-7-2-3-8-16-27/h4-6,9-14,22H,2-3,7-8,15-19H2,1H3,(H,25,28)/t22-/m1/s1. The number of nitrogens with one attached hydrogen (secondary N) is 1. The van der Waals surface area contributed by atoms with Gasteiger partial charge in [0, 0.05) is 25.5 Å². The Balaban J connectivity index is 1.55. The molecule has 1 fully saturated rings. The molecule has 1 aliphatic rings. The molecule has 1 aromatic heterocycles. The van der Waals surface area contributed by atoms with Gasteiger partial charge in [-0.05, 0) is 56.2 Å². The summed E-state index contributed by atoms with van der Waals surface area (Å²) < 4.78 is 0. The number of hydrogen-bond donors (Lipinski definition) is 1. The molecule has 0 saturated carbocycles. The van der Waals surface area contributed by atoms with Crippen LogP contribution in [0.4, 0.5) is 0 Å². The van der Waals surface area contributed by atoms with Gasteiger partial charge in [0.15, 0.2) is 0 Å². The molecule has 5 heteroatoms. The van der Waals surface area contributed by atoms with Gasteiger partial charge >= 0.3 is 0 Å². The number of likely N-dealkylation sites (tertiary alicyclic amines) is 1. The van der Waals surface area contributed by atoms with E-state index in [1.165, 1.54) is 31.2 Å². The van der Waals surface area contributed by atoms with Crippen molar-refractivity contribution in [3.8, 4) is 0 Å². The van der Waals surface area contributed by atoms with Gasteiger partial charge in [-0.3, -0.25) is 19.6 Å². The molecule has 1 aliphatic heterocycles. The van der Waals surface area contributed by atoms with Crippen molar-refractivity contribution in [1.82, 2.24) is 20.1 Å². The van der Waals surface area contributed by atoms with Gasteiger partial charge in [0.25, 0.3) is 0 Å². The van der Waals surface area contributed by atoms with Crippen LogP contribution in [-0.4, -0.2) is 53.9 Å². The summed E-state index contributed by atoms with van der Waals surface area (Å²) in [5, 5.41) is 3.18. The highest BCUT2D eigenvalue weighted by molar-refractivity contribution is 5.78. The molecule has 1 atom stereocenters. The Kier molecular flexibility index (Phi) is 8.00. The fourth-order valence-corrected chi connectivity index (χ4v) is 3.91. The van der Waals surface area contributed by atoms with Crippen molar-refractivity contribution in [3.63, 3.8) is 0 Å². The van der Waals surface area contributed by atoms with Crippen molar-refractivity contribution in [2.75, 3.05) is 33.2 Å². The van der Waals surface area contributed by atoms with Gasteiger partial charge in [0.05, 0.1) is 12.6 Å². The third-order valence-corrected chi connectivity index (χ3v) is 5.37. The van der Waals surface area contributed by atoms with E-state index in [4.69, 9.17) is 0 Å². The molecular formula is C23H32N4O. The van der Waals surface area contributed by atoms with Crippen LogP contribution >= 0.6 is 0 Å². The van der Waals surface area contributed by atoms with Crippen molar-refractivity contribution in [1.29, 1.82) is 0 Å². The molecule has 0 spiro atoms. The van der Waals surface area contributed by atoms with Crippen LogP contribution in [0.1, 0.15) is 42.9 Å². The number of rotatable bonds is 8. The highest BCUT2D eigenvalue weighted by Crippen LogP contribution is 2.23. The normalized spacial score (nSPS) is 16.5. The summed E-state index contributed by atoms with van der Waals surface area (Å²) in [6.45, 7) is 4.01. The first kappa shape index (κ1) is 20.5. The van der Waals surface area contributed by atoms with Crippen LogP contribution in [0, 0.1) is 0 Å². The second-order valence-electron chi connectivity index (χ2n) is 7.71. The van der Waals surface area contributed by atoms with E-state index >= 15 is 0 Å². The van der Waals surface area contributed by atoms with Gasteiger partial charge in [-0.15, -0.1) is 0 Å². The van der Waals surface area contributed by atoms with Crippen molar-refractivity contribution < 1.29 is 4.79 Å². The largest absolute Gasteiger partial charge is 0.353 e. The van der Waals surface area contributed by atoms with Crippen molar-refractivity contribution >= 4 is 5.91 Å². The molecule has 150 valence electrons. The molecule has 0 bridgehead atoms. The summed E-state index contributed by atoms with van der Waals surface area (Å²) in [7, 11) is 1.98. The molecule has 2 aromatic rings.